The van der Waals surface area contributed by atoms with Crippen molar-refractivity contribution in [2.24, 2.45) is 0 Å². The third-order valence-electron chi connectivity index (χ3n) is 2.79. The fourth-order valence-electron chi connectivity index (χ4n) is 1.96. The average Bonchev–Trinajstić information content (AvgIpc) is 2.72. The first-order chi connectivity index (χ1) is 8.79. The largest absolute Gasteiger partial charge is 0.476 e. The van der Waals surface area contributed by atoms with Gasteiger partial charge in [-0.2, -0.15) is 13.2 Å². The molecule has 0 bridgehead atoms. The minimum atomic E-state index is -4.97. The number of rotatable bonds is 2. The Morgan fingerprint density at radius 2 is 2.16 bits per heavy atom. The summed E-state index contributed by atoms with van der Waals surface area (Å²) in [7, 11) is 0. The number of carbonyl (C=O) groups excluding carboxylic acids is 1. The first kappa shape index (κ1) is 13.4. The van der Waals surface area contributed by atoms with Crippen molar-refractivity contribution in [3.63, 3.8) is 0 Å². The average molecular weight is 277 g/mol. The lowest BCUT2D eigenvalue weighted by atomic mass is 10.1. The molecule has 0 radical (unpaired) electrons. The van der Waals surface area contributed by atoms with Crippen molar-refractivity contribution in [3.05, 3.63) is 17.7 Å². The Labute approximate surface area is 105 Å². The van der Waals surface area contributed by atoms with Gasteiger partial charge in [0.1, 0.15) is 5.82 Å². The second-order valence-electron chi connectivity index (χ2n) is 4.15. The molecule has 1 aromatic heterocycles. The smallest absolute Gasteiger partial charge is 0.471 e. The number of alkyl halides is 3. The summed E-state index contributed by atoms with van der Waals surface area (Å²) in [5, 5.41) is 10.6. The number of carboxylic acids is 1. The van der Waals surface area contributed by atoms with Crippen LogP contribution in [0, 0.1) is 0 Å². The Morgan fingerprint density at radius 1 is 1.47 bits per heavy atom. The molecule has 0 saturated carbocycles. The van der Waals surface area contributed by atoms with Crippen molar-refractivity contribution in [1.82, 2.24) is 14.9 Å². The number of aromatic carboxylic acids is 1. The molecule has 6 nitrogen and oxygen atoms in total. The Morgan fingerprint density at radius 3 is 2.74 bits per heavy atom. The maximum Gasteiger partial charge on any atom is 0.471 e. The van der Waals surface area contributed by atoms with Crippen LogP contribution in [-0.2, 0) is 11.3 Å². The molecular formula is C10H10F3N3O3. The quantitative estimate of drug-likeness (QED) is 0.847. The number of fused-ring (bicyclic) bond motifs is 1. The van der Waals surface area contributed by atoms with Crippen LogP contribution in [0.2, 0.25) is 0 Å². The number of nitrogens with zero attached hydrogens (tertiary/aromatic N) is 2. The summed E-state index contributed by atoms with van der Waals surface area (Å²) in [6.07, 6.45) is -2.89. The third kappa shape index (κ3) is 2.69. The third-order valence-corrected chi connectivity index (χ3v) is 2.79. The van der Waals surface area contributed by atoms with Crippen LogP contribution < -0.4 is 5.32 Å². The zero-order chi connectivity index (χ0) is 14.2. The Kier molecular flexibility index (Phi) is 3.21. The molecule has 0 saturated heterocycles. The number of hydrogen-bond donors (Lipinski definition) is 2. The summed E-state index contributed by atoms with van der Waals surface area (Å²) in [6, 6.07) is -0.920. The van der Waals surface area contributed by atoms with E-state index < -0.39 is 24.1 Å². The number of halogens is 3. The van der Waals surface area contributed by atoms with E-state index in [1.807, 2.05) is 5.32 Å². The van der Waals surface area contributed by atoms with Gasteiger partial charge in [-0.25, -0.2) is 9.78 Å². The maximum absolute atomic E-state index is 12.2. The number of carbonyl (C=O) groups is 2. The molecule has 1 aromatic rings. The molecule has 1 unspecified atom stereocenters. The lowest BCUT2D eigenvalue weighted by molar-refractivity contribution is -0.174. The Bertz CT molecular complexity index is 524. The van der Waals surface area contributed by atoms with Gasteiger partial charge in [0.15, 0.2) is 5.69 Å². The van der Waals surface area contributed by atoms with E-state index >= 15 is 0 Å². The minimum Gasteiger partial charge on any atom is -0.476 e. The fourth-order valence-corrected chi connectivity index (χ4v) is 1.96. The Hall–Kier alpha value is -2.06. The monoisotopic (exact) mass is 277 g/mol. The van der Waals surface area contributed by atoms with Crippen LogP contribution in [0.4, 0.5) is 13.2 Å². The highest BCUT2D eigenvalue weighted by Crippen LogP contribution is 2.26. The predicted octanol–water partition coefficient (Wildman–Crippen LogP) is 1.09. The summed E-state index contributed by atoms with van der Waals surface area (Å²) >= 11 is 0. The number of imidazole rings is 1. The van der Waals surface area contributed by atoms with E-state index in [1.165, 1.54) is 10.8 Å². The topological polar surface area (TPSA) is 84.2 Å². The molecule has 1 aliphatic heterocycles. The lowest BCUT2D eigenvalue weighted by Gasteiger charge is -2.24. The van der Waals surface area contributed by atoms with Crippen molar-refractivity contribution >= 4 is 11.9 Å². The highest BCUT2D eigenvalue weighted by Gasteiger charge is 2.41. The summed E-state index contributed by atoms with van der Waals surface area (Å²) in [4.78, 5) is 25.4. The second-order valence-corrected chi connectivity index (χ2v) is 4.15. The molecule has 0 aliphatic carbocycles. The van der Waals surface area contributed by atoms with Crippen molar-refractivity contribution in [2.45, 2.75) is 31.6 Å². The van der Waals surface area contributed by atoms with Gasteiger partial charge in [-0.05, 0) is 12.8 Å². The molecule has 1 atom stereocenters. The van der Waals surface area contributed by atoms with Crippen LogP contribution >= 0.6 is 0 Å². The number of amides is 1. The van der Waals surface area contributed by atoms with Gasteiger partial charge in [-0.15, -0.1) is 0 Å². The van der Waals surface area contributed by atoms with Gasteiger partial charge in [-0.1, -0.05) is 0 Å². The minimum absolute atomic E-state index is 0.140. The molecule has 1 aliphatic rings. The highest BCUT2D eigenvalue weighted by atomic mass is 19.4. The molecule has 0 fully saturated rings. The van der Waals surface area contributed by atoms with Crippen LogP contribution in [0.3, 0.4) is 0 Å². The predicted molar refractivity (Wildman–Crippen MR) is 55.4 cm³/mol. The van der Waals surface area contributed by atoms with Crippen molar-refractivity contribution in [1.29, 1.82) is 0 Å². The first-order valence-electron chi connectivity index (χ1n) is 5.47. The summed E-state index contributed by atoms with van der Waals surface area (Å²) in [5.74, 6) is -3.17. The van der Waals surface area contributed by atoms with E-state index in [9.17, 15) is 22.8 Å². The van der Waals surface area contributed by atoms with Gasteiger partial charge in [0, 0.05) is 12.7 Å². The Balaban J connectivity index is 2.22. The molecule has 2 N–H and O–H groups in total. The van der Waals surface area contributed by atoms with E-state index in [2.05, 4.69) is 4.98 Å². The second kappa shape index (κ2) is 4.56. The maximum atomic E-state index is 12.2. The zero-order valence-corrected chi connectivity index (χ0v) is 9.57. The van der Waals surface area contributed by atoms with Gasteiger partial charge in [0.25, 0.3) is 0 Å². The molecule has 19 heavy (non-hydrogen) atoms. The van der Waals surface area contributed by atoms with E-state index in [0.29, 0.717) is 13.0 Å². The van der Waals surface area contributed by atoms with Crippen molar-refractivity contribution in [2.75, 3.05) is 0 Å². The molecule has 104 valence electrons. The van der Waals surface area contributed by atoms with Crippen LogP contribution in [0.15, 0.2) is 6.20 Å². The van der Waals surface area contributed by atoms with Gasteiger partial charge in [-0.3, -0.25) is 4.79 Å². The number of nitrogens with one attached hydrogen (secondary N) is 1. The number of carboxylic acid groups (broad SMARTS) is 1. The zero-order valence-electron chi connectivity index (χ0n) is 9.57. The van der Waals surface area contributed by atoms with Gasteiger partial charge in [0.2, 0.25) is 0 Å². The SMILES string of the molecule is O=C(O)c1cn2c(n1)C(NC(=O)C(F)(F)F)CCC2. The van der Waals surface area contributed by atoms with E-state index in [4.69, 9.17) is 5.11 Å². The molecule has 0 aromatic carbocycles. The normalized spacial score (nSPS) is 18.8. The molecule has 2 rings (SSSR count). The number of aromatic nitrogens is 2. The molecule has 2 heterocycles. The molecule has 1 amide bonds. The van der Waals surface area contributed by atoms with Crippen LogP contribution in [0.25, 0.3) is 0 Å². The molecule has 0 spiro atoms. The van der Waals surface area contributed by atoms with Crippen molar-refractivity contribution in [3.8, 4) is 0 Å². The molecular weight excluding hydrogens is 267 g/mol. The number of aryl methyl sites for hydroxylation is 1. The van der Waals surface area contributed by atoms with Crippen molar-refractivity contribution < 1.29 is 27.9 Å². The molecule has 9 heteroatoms. The van der Waals surface area contributed by atoms with Crippen LogP contribution in [-0.4, -0.2) is 32.7 Å². The van der Waals surface area contributed by atoms with E-state index in [-0.39, 0.29) is 17.9 Å². The van der Waals surface area contributed by atoms with Gasteiger partial charge in [0.05, 0.1) is 6.04 Å². The van der Waals surface area contributed by atoms with E-state index in [1.54, 1.807) is 0 Å². The fraction of sp³-hybridized carbons (Fsp3) is 0.500. The van der Waals surface area contributed by atoms with Gasteiger partial charge >= 0.3 is 18.1 Å². The standard InChI is InChI=1S/C10H10F3N3O3/c11-10(12,13)9(19)15-5-2-1-3-16-4-6(8(17)18)14-7(5)16/h4-5H,1-3H2,(H,15,19)(H,17,18). The highest BCUT2D eigenvalue weighted by molar-refractivity contribution is 5.85. The van der Waals surface area contributed by atoms with Gasteiger partial charge < -0.3 is 15.0 Å². The lowest BCUT2D eigenvalue weighted by Crippen LogP contribution is -2.41. The number of hydrogen-bond acceptors (Lipinski definition) is 3. The first-order valence-corrected chi connectivity index (χ1v) is 5.47. The summed E-state index contributed by atoms with van der Waals surface area (Å²) in [6.45, 7) is 0.466. The van der Waals surface area contributed by atoms with E-state index in [0.717, 1.165) is 0 Å². The van der Waals surface area contributed by atoms with Crippen LogP contribution in [0.5, 0.6) is 0 Å². The van der Waals surface area contributed by atoms with Crippen LogP contribution in [0.1, 0.15) is 35.2 Å². The summed E-state index contributed by atoms with van der Waals surface area (Å²) < 4.78 is 38.0. The summed E-state index contributed by atoms with van der Waals surface area (Å²) in [5.41, 5.74) is -0.247.